The zero-order chi connectivity index (χ0) is 19.1. The van der Waals surface area contributed by atoms with Crippen LogP contribution in [0.25, 0.3) is 0 Å². The van der Waals surface area contributed by atoms with Gasteiger partial charge in [-0.05, 0) is 49.2 Å². The van der Waals surface area contributed by atoms with E-state index in [4.69, 9.17) is 4.74 Å². The van der Waals surface area contributed by atoms with Crippen molar-refractivity contribution in [3.63, 3.8) is 0 Å². The molecule has 6 heteroatoms. The summed E-state index contributed by atoms with van der Waals surface area (Å²) >= 11 is 0. The van der Waals surface area contributed by atoms with Crippen molar-refractivity contribution in [2.75, 3.05) is 25.0 Å². The molecule has 0 atom stereocenters. The maximum Gasteiger partial charge on any atom is 0.260 e. The lowest BCUT2D eigenvalue weighted by molar-refractivity contribution is -0.133. The molecule has 27 heavy (non-hydrogen) atoms. The van der Waals surface area contributed by atoms with Crippen molar-refractivity contribution in [2.24, 2.45) is 0 Å². The number of carbonyl (C=O) groups excluding carboxylic acids is 2. The van der Waals surface area contributed by atoms with Crippen LogP contribution in [0, 0.1) is 5.82 Å². The number of anilines is 1. The Morgan fingerprint density at radius 1 is 0.963 bits per heavy atom. The fraction of sp³-hybridized carbons (Fsp3) is 0.333. The monoisotopic (exact) mass is 370 g/mol. The van der Waals surface area contributed by atoms with Crippen LogP contribution < -0.4 is 10.1 Å². The first-order chi connectivity index (χ1) is 13.1. The van der Waals surface area contributed by atoms with Gasteiger partial charge in [0.2, 0.25) is 0 Å². The van der Waals surface area contributed by atoms with Gasteiger partial charge in [-0.15, -0.1) is 0 Å². The summed E-state index contributed by atoms with van der Waals surface area (Å²) in [5.74, 6) is -0.464. The summed E-state index contributed by atoms with van der Waals surface area (Å²) in [5, 5.41) is 2.70. The highest BCUT2D eigenvalue weighted by Crippen LogP contribution is 2.20. The second-order valence-electron chi connectivity index (χ2n) is 6.54. The maximum atomic E-state index is 13.0. The van der Waals surface area contributed by atoms with Gasteiger partial charge in [-0.25, -0.2) is 4.39 Å². The van der Waals surface area contributed by atoms with Gasteiger partial charge < -0.3 is 15.0 Å². The summed E-state index contributed by atoms with van der Waals surface area (Å²) in [4.78, 5) is 26.8. The Balaban J connectivity index is 1.63. The van der Waals surface area contributed by atoms with Gasteiger partial charge in [0.15, 0.2) is 6.61 Å². The highest BCUT2D eigenvalue weighted by molar-refractivity contribution is 6.06. The molecular formula is C21H23FN2O3. The van der Waals surface area contributed by atoms with Crippen molar-refractivity contribution >= 4 is 17.5 Å². The summed E-state index contributed by atoms with van der Waals surface area (Å²) in [5.41, 5.74) is 0.808. The number of ether oxygens (including phenoxy) is 1. The van der Waals surface area contributed by atoms with Crippen LogP contribution in [0.1, 0.15) is 36.0 Å². The van der Waals surface area contributed by atoms with Crippen LogP contribution in [-0.4, -0.2) is 36.4 Å². The molecule has 0 radical (unpaired) electrons. The molecule has 0 bridgehead atoms. The number of rotatable bonds is 5. The molecule has 1 fully saturated rings. The SMILES string of the molecule is O=C(Nc1ccc(F)cc1)c1ccccc1OCC(=O)N1CCCCCC1. The van der Waals surface area contributed by atoms with Gasteiger partial charge in [-0.3, -0.25) is 9.59 Å². The zero-order valence-corrected chi connectivity index (χ0v) is 15.1. The fourth-order valence-corrected chi connectivity index (χ4v) is 3.06. The Labute approximate surface area is 158 Å². The first kappa shape index (κ1) is 18.9. The highest BCUT2D eigenvalue weighted by Gasteiger charge is 2.18. The minimum Gasteiger partial charge on any atom is -0.483 e. The van der Waals surface area contributed by atoms with Crippen LogP contribution in [0.2, 0.25) is 0 Å². The number of para-hydroxylation sites is 1. The number of carbonyl (C=O) groups is 2. The van der Waals surface area contributed by atoms with Crippen LogP contribution in [0.4, 0.5) is 10.1 Å². The van der Waals surface area contributed by atoms with E-state index in [0.29, 0.717) is 17.0 Å². The van der Waals surface area contributed by atoms with E-state index in [1.54, 1.807) is 24.3 Å². The molecule has 0 aliphatic carbocycles. The number of likely N-dealkylation sites (tertiary alicyclic amines) is 1. The predicted octanol–water partition coefficient (Wildman–Crippen LogP) is 3.86. The number of nitrogens with one attached hydrogen (secondary N) is 1. The highest BCUT2D eigenvalue weighted by atomic mass is 19.1. The average molecular weight is 370 g/mol. The lowest BCUT2D eigenvalue weighted by Gasteiger charge is -2.20. The summed E-state index contributed by atoms with van der Waals surface area (Å²) < 4.78 is 18.7. The molecule has 1 heterocycles. The smallest absolute Gasteiger partial charge is 0.260 e. The molecular weight excluding hydrogens is 347 g/mol. The maximum absolute atomic E-state index is 13.0. The topological polar surface area (TPSA) is 58.6 Å². The van der Waals surface area contributed by atoms with E-state index in [-0.39, 0.29) is 24.2 Å². The van der Waals surface area contributed by atoms with E-state index in [1.165, 1.54) is 24.3 Å². The van der Waals surface area contributed by atoms with E-state index < -0.39 is 0 Å². The van der Waals surface area contributed by atoms with Gasteiger partial charge >= 0.3 is 0 Å². The van der Waals surface area contributed by atoms with E-state index in [9.17, 15) is 14.0 Å². The number of halogens is 1. The molecule has 142 valence electrons. The largest absolute Gasteiger partial charge is 0.483 e. The van der Waals surface area contributed by atoms with E-state index >= 15 is 0 Å². The Morgan fingerprint density at radius 2 is 1.63 bits per heavy atom. The van der Waals surface area contributed by atoms with Gasteiger partial charge in [-0.2, -0.15) is 0 Å². The van der Waals surface area contributed by atoms with Crippen LogP contribution in [0.3, 0.4) is 0 Å². The van der Waals surface area contributed by atoms with Crippen molar-refractivity contribution in [3.8, 4) is 5.75 Å². The minimum absolute atomic E-state index is 0.0642. The van der Waals surface area contributed by atoms with Crippen molar-refractivity contribution < 1.29 is 18.7 Å². The Bertz CT molecular complexity index is 784. The number of amides is 2. The fourth-order valence-electron chi connectivity index (χ4n) is 3.06. The van der Waals surface area contributed by atoms with Crippen LogP contribution >= 0.6 is 0 Å². The average Bonchev–Trinajstić information content (AvgIpc) is 2.97. The third-order valence-electron chi connectivity index (χ3n) is 4.54. The molecule has 5 nitrogen and oxygen atoms in total. The molecule has 1 N–H and O–H groups in total. The first-order valence-corrected chi connectivity index (χ1v) is 9.20. The Kier molecular flexibility index (Phi) is 6.41. The van der Waals surface area contributed by atoms with E-state index in [0.717, 1.165) is 38.8 Å². The summed E-state index contributed by atoms with van der Waals surface area (Å²) in [7, 11) is 0. The summed E-state index contributed by atoms with van der Waals surface area (Å²) in [6, 6.07) is 12.3. The van der Waals surface area contributed by atoms with Gasteiger partial charge in [0.1, 0.15) is 11.6 Å². The first-order valence-electron chi connectivity index (χ1n) is 9.20. The molecule has 2 aromatic carbocycles. The van der Waals surface area contributed by atoms with Crippen molar-refractivity contribution in [2.45, 2.75) is 25.7 Å². The second-order valence-corrected chi connectivity index (χ2v) is 6.54. The molecule has 3 rings (SSSR count). The van der Waals surface area contributed by atoms with Gasteiger partial charge in [0.25, 0.3) is 11.8 Å². The molecule has 1 aliphatic heterocycles. The molecule has 1 saturated heterocycles. The number of benzene rings is 2. The normalized spacial score (nSPS) is 14.3. The molecule has 2 amide bonds. The Hall–Kier alpha value is -2.89. The van der Waals surface area contributed by atoms with Crippen molar-refractivity contribution in [3.05, 3.63) is 59.9 Å². The molecule has 0 aromatic heterocycles. The molecule has 1 aliphatic rings. The van der Waals surface area contributed by atoms with Crippen LogP contribution in [0.5, 0.6) is 5.75 Å². The van der Waals surface area contributed by atoms with Gasteiger partial charge in [-0.1, -0.05) is 25.0 Å². The molecule has 2 aromatic rings. The Morgan fingerprint density at radius 3 is 2.33 bits per heavy atom. The summed E-state index contributed by atoms with van der Waals surface area (Å²) in [6.07, 6.45) is 4.33. The van der Waals surface area contributed by atoms with Gasteiger partial charge in [0, 0.05) is 18.8 Å². The number of hydrogen-bond acceptors (Lipinski definition) is 3. The second kappa shape index (κ2) is 9.16. The van der Waals surface area contributed by atoms with Crippen molar-refractivity contribution in [1.29, 1.82) is 0 Å². The third kappa shape index (κ3) is 5.29. The molecule has 0 unspecified atom stereocenters. The molecule has 0 saturated carbocycles. The van der Waals surface area contributed by atoms with Gasteiger partial charge in [0.05, 0.1) is 5.56 Å². The standard InChI is InChI=1S/C21H23FN2O3/c22-16-9-11-17(12-10-16)23-21(26)18-7-3-4-8-19(18)27-15-20(25)24-13-5-1-2-6-14-24/h3-4,7-12H,1-2,5-6,13-15H2,(H,23,26). The van der Waals surface area contributed by atoms with Crippen LogP contribution in [-0.2, 0) is 4.79 Å². The number of nitrogens with zero attached hydrogens (tertiary/aromatic N) is 1. The minimum atomic E-state index is -0.376. The summed E-state index contributed by atoms with van der Waals surface area (Å²) in [6.45, 7) is 1.42. The van der Waals surface area contributed by atoms with Crippen molar-refractivity contribution in [1.82, 2.24) is 4.90 Å². The predicted molar refractivity (Wildman–Crippen MR) is 101 cm³/mol. The number of hydrogen-bond donors (Lipinski definition) is 1. The third-order valence-corrected chi connectivity index (χ3v) is 4.54. The van der Waals surface area contributed by atoms with Crippen LogP contribution in [0.15, 0.2) is 48.5 Å². The molecule has 0 spiro atoms. The van der Waals surface area contributed by atoms with E-state index in [2.05, 4.69) is 5.32 Å². The quantitative estimate of drug-likeness (QED) is 0.869. The van der Waals surface area contributed by atoms with E-state index in [1.807, 2.05) is 4.90 Å². The zero-order valence-electron chi connectivity index (χ0n) is 15.1. The lowest BCUT2D eigenvalue weighted by Crippen LogP contribution is -2.35. The lowest BCUT2D eigenvalue weighted by atomic mass is 10.2.